The molecule has 1 saturated heterocycles. The molecule has 3 amide bonds. The number of imide groups is 1. The minimum absolute atomic E-state index is 0.174. The number of ketones is 1. The van der Waals surface area contributed by atoms with Crippen molar-refractivity contribution in [3.8, 4) is 0 Å². The number of aliphatic imine (C=N–C) groups is 1. The molecular formula is C20H29N6O3+. The average molecular weight is 401 g/mol. The normalized spacial score (nSPS) is 19.9. The van der Waals surface area contributed by atoms with Gasteiger partial charge in [-0.1, -0.05) is 25.8 Å². The van der Waals surface area contributed by atoms with Crippen molar-refractivity contribution in [2.24, 2.45) is 10.4 Å². The Morgan fingerprint density at radius 1 is 1.17 bits per heavy atom. The first-order valence-corrected chi connectivity index (χ1v) is 9.77. The van der Waals surface area contributed by atoms with Crippen molar-refractivity contribution in [3.05, 3.63) is 17.0 Å². The van der Waals surface area contributed by atoms with Crippen LogP contribution in [0.25, 0.3) is 0 Å². The van der Waals surface area contributed by atoms with Crippen LogP contribution in [0.1, 0.15) is 44.6 Å². The molecule has 0 aromatic carbocycles. The van der Waals surface area contributed by atoms with Gasteiger partial charge >= 0.3 is 12.0 Å². The van der Waals surface area contributed by atoms with Crippen molar-refractivity contribution in [1.29, 1.82) is 0 Å². The Hall–Kier alpha value is -2.84. The summed E-state index contributed by atoms with van der Waals surface area (Å²) >= 11 is 0. The number of aromatic nitrogens is 2. The van der Waals surface area contributed by atoms with Crippen LogP contribution in [-0.4, -0.2) is 79.9 Å². The van der Waals surface area contributed by atoms with Crippen LogP contribution in [0.5, 0.6) is 0 Å². The number of amidine groups is 1. The number of fused-ring (bicyclic) bond motifs is 1. The van der Waals surface area contributed by atoms with E-state index in [4.69, 9.17) is 0 Å². The molecule has 2 aliphatic rings. The van der Waals surface area contributed by atoms with Gasteiger partial charge in [-0.3, -0.25) is 19.4 Å². The van der Waals surface area contributed by atoms with E-state index in [0.29, 0.717) is 18.3 Å². The fourth-order valence-electron chi connectivity index (χ4n) is 3.44. The fraction of sp³-hybridized carbons (Fsp3) is 0.600. The third-order valence-corrected chi connectivity index (χ3v) is 5.71. The fourth-order valence-corrected chi connectivity index (χ4v) is 3.44. The summed E-state index contributed by atoms with van der Waals surface area (Å²) in [5.41, 5.74) is 2.22. The predicted molar refractivity (Wildman–Crippen MR) is 108 cm³/mol. The van der Waals surface area contributed by atoms with E-state index < -0.39 is 23.4 Å². The highest BCUT2D eigenvalue weighted by molar-refractivity contribution is 6.23. The first-order chi connectivity index (χ1) is 13.4. The third kappa shape index (κ3) is 3.18. The first kappa shape index (κ1) is 20.9. The van der Waals surface area contributed by atoms with Crippen molar-refractivity contribution in [3.63, 3.8) is 0 Å². The molecule has 0 radical (unpaired) electrons. The molecule has 1 aromatic heterocycles. The number of hydrogen-bond donors (Lipinski definition) is 0. The summed E-state index contributed by atoms with van der Waals surface area (Å²) in [6, 6.07) is -1.29. The van der Waals surface area contributed by atoms with Crippen LogP contribution < -0.4 is 0 Å². The van der Waals surface area contributed by atoms with E-state index in [1.807, 2.05) is 32.3 Å². The molecule has 1 atom stereocenters. The van der Waals surface area contributed by atoms with E-state index in [1.165, 1.54) is 4.90 Å². The Labute approximate surface area is 170 Å². The van der Waals surface area contributed by atoms with Crippen LogP contribution in [0.4, 0.5) is 4.79 Å². The number of amides is 3. The number of Topliss-reactive ketones (excluding diaryl/α,β-unsaturated/α-hetero) is 1. The van der Waals surface area contributed by atoms with E-state index >= 15 is 0 Å². The smallest absolute Gasteiger partial charge is 0.297 e. The van der Waals surface area contributed by atoms with Gasteiger partial charge in [0.25, 0.3) is 5.91 Å². The summed E-state index contributed by atoms with van der Waals surface area (Å²) < 4.78 is 3.55. The minimum Gasteiger partial charge on any atom is -0.297 e. The maximum Gasteiger partial charge on any atom is 0.421 e. The standard InChI is InChI=1S/C20H29N6O3/c1-9-24-15-16(21-18(24)26-13(4)11(2)12(3)22-26)23(8)19(29)25(17(15)28)10-14(27)20(5,6)7/h15H,9-10H2,1-8H3/q+1. The van der Waals surface area contributed by atoms with Gasteiger partial charge in [0.2, 0.25) is 11.9 Å². The van der Waals surface area contributed by atoms with Gasteiger partial charge < -0.3 is 0 Å². The molecule has 0 bridgehead atoms. The Morgan fingerprint density at radius 2 is 1.79 bits per heavy atom. The van der Waals surface area contributed by atoms with Crippen molar-refractivity contribution in [2.45, 2.75) is 54.5 Å². The van der Waals surface area contributed by atoms with Crippen molar-refractivity contribution in [1.82, 2.24) is 19.6 Å². The van der Waals surface area contributed by atoms with Crippen LogP contribution in [0.2, 0.25) is 0 Å². The highest BCUT2D eigenvalue weighted by Gasteiger charge is 2.53. The van der Waals surface area contributed by atoms with Gasteiger partial charge in [0, 0.05) is 18.0 Å². The lowest BCUT2D eigenvalue weighted by Crippen LogP contribution is -2.64. The molecule has 156 valence electrons. The van der Waals surface area contributed by atoms with Crippen LogP contribution in [0.15, 0.2) is 4.99 Å². The maximum absolute atomic E-state index is 13.3. The SMILES string of the molecule is CC[N+]1=C(n2nc(C)c(C)c2C)N=C2C1C(=O)N(CC(=O)C(C)(C)C)C(=O)N2C. The molecular weight excluding hydrogens is 372 g/mol. The number of hydrogen-bond acceptors (Lipinski definition) is 5. The monoisotopic (exact) mass is 401 g/mol. The summed E-state index contributed by atoms with van der Waals surface area (Å²) in [6.45, 7) is 13.3. The van der Waals surface area contributed by atoms with E-state index in [1.54, 1.807) is 32.5 Å². The number of carbonyl (C=O) groups excluding carboxylic acids is 3. The molecule has 0 aliphatic carbocycles. The van der Waals surface area contributed by atoms with Gasteiger partial charge in [-0.25, -0.2) is 9.37 Å². The quantitative estimate of drug-likeness (QED) is 0.715. The molecule has 2 aliphatic heterocycles. The lowest BCUT2D eigenvalue weighted by molar-refractivity contribution is -0.534. The van der Waals surface area contributed by atoms with Crippen molar-refractivity contribution < 1.29 is 19.0 Å². The zero-order chi connectivity index (χ0) is 21.8. The van der Waals surface area contributed by atoms with Gasteiger partial charge in [-0.05, 0) is 27.7 Å². The molecule has 0 spiro atoms. The minimum atomic E-state index is -0.755. The Morgan fingerprint density at radius 3 is 2.28 bits per heavy atom. The van der Waals surface area contributed by atoms with E-state index in [2.05, 4.69) is 10.1 Å². The van der Waals surface area contributed by atoms with Gasteiger partial charge in [0.05, 0.1) is 18.8 Å². The molecule has 1 fully saturated rings. The number of nitrogens with zero attached hydrogens (tertiary/aromatic N) is 6. The molecule has 0 saturated carbocycles. The molecule has 1 unspecified atom stereocenters. The Balaban J connectivity index is 2.07. The third-order valence-electron chi connectivity index (χ3n) is 5.71. The van der Waals surface area contributed by atoms with E-state index in [9.17, 15) is 14.4 Å². The summed E-state index contributed by atoms with van der Waals surface area (Å²) in [7, 11) is 1.58. The number of rotatable bonds is 3. The van der Waals surface area contributed by atoms with E-state index in [0.717, 1.165) is 21.9 Å². The highest BCUT2D eigenvalue weighted by atomic mass is 16.2. The molecule has 9 heteroatoms. The summed E-state index contributed by atoms with van der Waals surface area (Å²) in [5.74, 6) is 0.270. The molecule has 9 nitrogen and oxygen atoms in total. The van der Waals surface area contributed by atoms with Gasteiger partial charge in [0.15, 0.2) is 5.78 Å². The van der Waals surface area contributed by atoms with Crippen LogP contribution >= 0.6 is 0 Å². The van der Waals surface area contributed by atoms with Crippen LogP contribution in [-0.2, 0) is 9.59 Å². The highest BCUT2D eigenvalue weighted by Crippen LogP contribution is 2.23. The van der Waals surface area contributed by atoms with Crippen LogP contribution in [0, 0.1) is 26.2 Å². The van der Waals surface area contributed by atoms with Crippen LogP contribution in [0.3, 0.4) is 0 Å². The lowest BCUT2D eigenvalue weighted by atomic mass is 9.90. The number of carbonyl (C=O) groups is 3. The topological polar surface area (TPSA) is 90.9 Å². The van der Waals surface area contributed by atoms with E-state index in [-0.39, 0.29) is 12.3 Å². The predicted octanol–water partition coefficient (Wildman–Crippen LogP) is 1.33. The summed E-state index contributed by atoms with van der Waals surface area (Å²) in [4.78, 5) is 45.7. The molecule has 3 rings (SSSR count). The second-order valence-electron chi connectivity index (χ2n) is 8.61. The van der Waals surface area contributed by atoms with Gasteiger partial charge in [-0.2, -0.15) is 0 Å². The van der Waals surface area contributed by atoms with Gasteiger partial charge in [-0.15, -0.1) is 9.78 Å². The number of aryl methyl sites for hydroxylation is 1. The number of likely N-dealkylation sites (N-methyl/N-ethyl adjacent to an activating group) is 2. The molecule has 3 heterocycles. The Bertz CT molecular complexity index is 979. The van der Waals surface area contributed by atoms with Gasteiger partial charge in [0.1, 0.15) is 5.69 Å². The first-order valence-electron chi connectivity index (χ1n) is 9.77. The zero-order valence-corrected chi connectivity index (χ0v) is 18.4. The zero-order valence-electron chi connectivity index (χ0n) is 18.4. The lowest BCUT2D eigenvalue weighted by Gasteiger charge is -2.34. The Kier molecular flexibility index (Phi) is 4.96. The summed E-state index contributed by atoms with van der Waals surface area (Å²) in [6.07, 6.45) is 0. The second kappa shape index (κ2) is 6.89. The largest absolute Gasteiger partial charge is 0.421 e. The number of urea groups is 1. The van der Waals surface area contributed by atoms with Crippen molar-refractivity contribution >= 4 is 29.5 Å². The van der Waals surface area contributed by atoms with Crippen molar-refractivity contribution in [2.75, 3.05) is 20.1 Å². The molecule has 29 heavy (non-hydrogen) atoms. The average Bonchev–Trinajstić information content (AvgIpc) is 3.15. The molecule has 0 N–H and O–H groups in total. The summed E-state index contributed by atoms with van der Waals surface area (Å²) in [5, 5.41) is 4.57. The maximum atomic E-state index is 13.3. The second-order valence-corrected chi connectivity index (χ2v) is 8.61. The molecule has 1 aromatic rings.